The highest BCUT2D eigenvalue weighted by molar-refractivity contribution is 5.10. The average Bonchev–Trinajstić information content (AvgIpc) is 3.02. The molecule has 2 heterocycles. The minimum Gasteiger partial charge on any atom is -0.472 e. The molecular formula is C16H26O8. The van der Waals surface area contributed by atoms with Gasteiger partial charge in [-0.15, -0.1) is 0 Å². The Morgan fingerprint density at radius 3 is 2.46 bits per heavy atom. The lowest BCUT2D eigenvalue weighted by Crippen LogP contribution is -2.60. The Balaban J connectivity index is 1.74. The first-order valence-electron chi connectivity index (χ1n) is 8.36. The molecule has 0 radical (unpaired) electrons. The molecule has 9 unspecified atom stereocenters. The van der Waals surface area contributed by atoms with Gasteiger partial charge in [-0.2, -0.15) is 0 Å². The topological polar surface area (TPSA) is 129 Å². The second-order valence-electron chi connectivity index (χ2n) is 6.90. The first-order valence-corrected chi connectivity index (χ1v) is 8.36. The normalized spacial score (nSPS) is 48.6. The zero-order valence-electron chi connectivity index (χ0n) is 13.6. The number of aliphatic hydroxyl groups is 5. The van der Waals surface area contributed by atoms with Crippen LogP contribution in [0.2, 0.25) is 0 Å². The second kappa shape index (κ2) is 7.25. The van der Waals surface area contributed by atoms with Gasteiger partial charge in [-0.05, 0) is 37.2 Å². The smallest absolute Gasteiger partial charge is 0.205 e. The molecule has 8 nitrogen and oxygen atoms in total. The molecule has 8 heteroatoms. The van der Waals surface area contributed by atoms with Gasteiger partial charge in [-0.3, -0.25) is 0 Å². The summed E-state index contributed by atoms with van der Waals surface area (Å²) in [6.45, 7) is 1.48. The van der Waals surface area contributed by atoms with Gasteiger partial charge in [-0.25, -0.2) is 0 Å². The van der Waals surface area contributed by atoms with Gasteiger partial charge in [0, 0.05) is 12.5 Å². The largest absolute Gasteiger partial charge is 0.472 e. The number of rotatable bonds is 4. The van der Waals surface area contributed by atoms with Crippen LogP contribution in [0.3, 0.4) is 0 Å². The molecule has 1 aliphatic carbocycles. The van der Waals surface area contributed by atoms with Crippen LogP contribution in [-0.2, 0) is 14.2 Å². The zero-order valence-corrected chi connectivity index (χ0v) is 13.6. The van der Waals surface area contributed by atoms with Crippen molar-refractivity contribution in [2.75, 3.05) is 13.2 Å². The quantitative estimate of drug-likeness (QED) is 0.425. The summed E-state index contributed by atoms with van der Waals surface area (Å²) in [6, 6.07) is 0. The Labute approximate surface area is 140 Å². The van der Waals surface area contributed by atoms with Gasteiger partial charge < -0.3 is 39.7 Å². The molecule has 2 fully saturated rings. The van der Waals surface area contributed by atoms with E-state index in [1.54, 1.807) is 6.26 Å². The number of hydrogen-bond acceptors (Lipinski definition) is 8. The summed E-state index contributed by atoms with van der Waals surface area (Å²) >= 11 is 0. The molecule has 3 rings (SSSR count). The number of fused-ring (bicyclic) bond motifs is 1. The molecule has 0 aromatic heterocycles. The molecule has 2 aliphatic heterocycles. The van der Waals surface area contributed by atoms with Crippen molar-refractivity contribution >= 4 is 0 Å². The summed E-state index contributed by atoms with van der Waals surface area (Å²) in [7, 11) is 0. The third-order valence-electron chi connectivity index (χ3n) is 5.50. The third-order valence-corrected chi connectivity index (χ3v) is 5.50. The van der Waals surface area contributed by atoms with Gasteiger partial charge >= 0.3 is 0 Å². The maximum atomic E-state index is 10.1. The van der Waals surface area contributed by atoms with Crippen molar-refractivity contribution < 1.29 is 39.7 Å². The monoisotopic (exact) mass is 346 g/mol. The lowest BCUT2D eigenvalue weighted by molar-refractivity contribution is -0.342. The van der Waals surface area contributed by atoms with Gasteiger partial charge in [0.25, 0.3) is 0 Å². The summed E-state index contributed by atoms with van der Waals surface area (Å²) in [5.74, 6) is 0.173. The summed E-state index contributed by atoms with van der Waals surface area (Å²) in [4.78, 5) is 0. The fourth-order valence-corrected chi connectivity index (χ4v) is 4.05. The van der Waals surface area contributed by atoms with E-state index in [1.807, 2.05) is 6.92 Å². The van der Waals surface area contributed by atoms with Crippen LogP contribution in [0, 0.1) is 17.8 Å². The van der Waals surface area contributed by atoms with Crippen LogP contribution in [0.1, 0.15) is 19.8 Å². The SMILES string of the molecule is CC1=COC(OC2OC(CO)C(O)C(O)C2O)C2C(CO)CCC12. The first-order chi connectivity index (χ1) is 11.5. The van der Waals surface area contributed by atoms with Gasteiger partial charge in [-0.1, -0.05) is 0 Å². The van der Waals surface area contributed by atoms with Crippen LogP contribution in [0.15, 0.2) is 11.8 Å². The molecule has 3 aliphatic rings. The van der Waals surface area contributed by atoms with Gasteiger partial charge in [0.2, 0.25) is 6.29 Å². The minimum absolute atomic E-state index is 0.0202. The molecule has 9 atom stereocenters. The molecule has 1 saturated carbocycles. The molecular weight excluding hydrogens is 320 g/mol. The minimum atomic E-state index is -1.49. The molecule has 0 bridgehead atoms. The van der Waals surface area contributed by atoms with E-state index in [9.17, 15) is 25.5 Å². The fraction of sp³-hybridized carbons (Fsp3) is 0.875. The Kier molecular flexibility index (Phi) is 5.45. The van der Waals surface area contributed by atoms with E-state index in [0.29, 0.717) is 0 Å². The van der Waals surface area contributed by atoms with Crippen molar-refractivity contribution in [2.24, 2.45) is 17.8 Å². The van der Waals surface area contributed by atoms with E-state index in [0.717, 1.165) is 18.4 Å². The maximum absolute atomic E-state index is 10.1. The van der Waals surface area contributed by atoms with Gasteiger partial charge in [0.1, 0.15) is 24.4 Å². The average molecular weight is 346 g/mol. The molecule has 0 aromatic rings. The molecule has 138 valence electrons. The predicted octanol–water partition coefficient (Wildman–Crippen LogP) is -1.30. The number of allylic oxidation sites excluding steroid dienone is 1. The highest BCUT2D eigenvalue weighted by Crippen LogP contribution is 2.47. The summed E-state index contributed by atoms with van der Waals surface area (Å²) in [5, 5.41) is 48.6. The van der Waals surface area contributed by atoms with E-state index >= 15 is 0 Å². The van der Waals surface area contributed by atoms with Crippen LogP contribution in [-0.4, -0.2) is 75.7 Å². The highest BCUT2D eigenvalue weighted by atomic mass is 16.8. The first kappa shape index (κ1) is 18.1. The molecule has 0 aromatic carbocycles. The standard InChI is InChI=1S/C16H26O8/c1-7-6-22-15(11-8(4-17)2-3-9(7)11)24-16-14(21)13(20)12(19)10(5-18)23-16/h6,8-21H,2-5H2,1H3. The zero-order chi connectivity index (χ0) is 17.4. The lowest BCUT2D eigenvalue weighted by atomic mass is 9.84. The Morgan fingerprint density at radius 1 is 1.04 bits per heavy atom. The summed E-state index contributed by atoms with van der Waals surface area (Å²) < 4.78 is 16.8. The van der Waals surface area contributed by atoms with Gasteiger partial charge in [0.15, 0.2) is 6.29 Å². The molecule has 24 heavy (non-hydrogen) atoms. The van der Waals surface area contributed by atoms with Crippen LogP contribution in [0.25, 0.3) is 0 Å². The molecule has 0 amide bonds. The summed E-state index contributed by atoms with van der Waals surface area (Å²) in [5.41, 5.74) is 1.09. The Hall–Kier alpha value is -0.740. The van der Waals surface area contributed by atoms with Crippen LogP contribution < -0.4 is 0 Å². The molecule has 5 N–H and O–H groups in total. The second-order valence-corrected chi connectivity index (χ2v) is 6.90. The maximum Gasteiger partial charge on any atom is 0.205 e. The fourth-order valence-electron chi connectivity index (χ4n) is 4.05. The van der Waals surface area contributed by atoms with Crippen LogP contribution >= 0.6 is 0 Å². The molecule has 1 saturated heterocycles. The van der Waals surface area contributed by atoms with E-state index in [1.165, 1.54) is 0 Å². The van der Waals surface area contributed by atoms with E-state index in [4.69, 9.17) is 14.2 Å². The van der Waals surface area contributed by atoms with Gasteiger partial charge in [0.05, 0.1) is 12.9 Å². The lowest BCUT2D eigenvalue weighted by Gasteiger charge is -2.43. The van der Waals surface area contributed by atoms with Crippen molar-refractivity contribution in [2.45, 2.75) is 56.8 Å². The van der Waals surface area contributed by atoms with Crippen LogP contribution in [0.5, 0.6) is 0 Å². The number of ether oxygens (including phenoxy) is 3. The van der Waals surface area contributed by atoms with Crippen molar-refractivity contribution in [1.82, 2.24) is 0 Å². The van der Waals surface area contributed by atoms with E-state index in [2.05, 4.69) is 0 Å². The Morgan fingerprint density at radius 2 is 1.79 bits per heavy atom. The van der Waals surface area contributed by atoms with E-state index in [-0.39, 0.29) is 24.4 Å². The van der Waals surface area contributed by atoms with Crippen LogP contribution in [0.4, 0.5) is 0 Å². The van der Waals surface area contributed by atoms with E-state index < -0.39 is 43.6 Å². The van der Waals surface area contributed by atoms with Crippen molar-refractivity contribution in [3.05, 3.63) is 11.8 Å². The highest BCUT2D eigenvalue weighted by Gasteiger charge is 2.50. The predicted molar refractivity (Wildman–Crippen MR) is 80.3 cm³/mol. The van der Waals surface area contributed by atoms with Crippen molar-refractivity contribution in [3.63, 3.8) is 0 Å². The summed E-state index contributed by atoms with van der Waals surface area (Å²) in [6.07, 6.45) is -3.98. The third kappa shape index (κ3) is 3.08. The van der Waals surface area contributed by atoms with Crippen molar-refractivity contribution in [3.8, 4) is 0 Å². The Bertz CT molecular complexity index is 467. The van der Waals surface area contributed by atoms with Crippen molar-refractivity contribution in [1.29, 1.82) is 0 Å². The number of hydrogen-bond donors (Lipinski definition) is 5. The molecule has 0 spiro atoms. The number of aliphatic hydroxyl groups excluding tert-OH is 5.